The van der Waals surface area contributed by atoms with E-state index < -0.39 is 0 Å². The van der Waals surface area contributed by atoms with Crippen LogP contribution in [0.5, 0.6) is 5.75 Å². The molecule has 8 heteroatoms. The molecule has 0 bridgehead atoms. The maximum absolute atomic E-state index is 6.61. The summed E-state index contributed by atoms with van der Waals surface area (Å²) in [6.45, 7) is 0. The second-order valence-electron chi connectivity index (χ2n) is 7.58. The molecule has 0 saturated heterocycles. The van der Waals surface area contributed by atoms with Gasteiger partial charge in [-0.15, -0.1) is 11.8 Å². The topological polar surface area (TPSA) is 64.9 Å². The molecule has 0 spiro atoms. The SMILES string of the molecule is CSc1ccc([C@@H]2Oc3ccc(Cl)cc3C3=C2[C@H](c2cccnc2)n2ncnc2N3)cc1. The Hall–Kier alpha value is -3.29. The summed E-state index contributed by atoms with van der Waals surface area (Å²) in [5, 5.41) is 8.67. The molecule has 0 unspecified atom stereocenters. The van der Waals surface area contributed by atoms with Crippen molar-refractivity contribution >= 4 is 35.0 Å². The van der Waals surface area contributed by atoms with Crippen LogP contribution in [0.2, 0.25) is 5.02 Å². The molecule has 32 heavy (non-hydrogen) atoms. The van der Waals surface area contributed by atoms with E-state index in [1.165, 1.54) is 4.90 Å². The van der Waals surface area contributed by atoms with Gasteiger partial charge in [0.2, 0.25) is 5.95 Å². The van der Waals surface area contributed by atoms with Crippen molar-refractivity contribution in [1.29, 1.82) is 0 Å². The number of anilines is 1. The van der Waals surface area contributed by atoms with E-state index in [2.05, 4.69) is 57.0 Å². The minimum Gasteiger partial charge on any atom is -0.480 e. The van der Waals surface area contributed by atoms with Crippen molar-refractivity contribution in [2.45, 2.75) is 17.0 Å². The van der Waals surface area contributed by atoms with Crippen LogP contribution in [0.4, 0.5) is 5.95 Å². The van der Waals surface area contributed by atoms with Gasteiger partial charge in [0, 0.05) is 33.4 Å². The number of benzene rings is 2. The lowest BCUT2D eigenvalue weighted by Gasteiger charge is -2.38. The lowest BCUT2D eigenvalue weighted by Crippen LogP contribution is -2.32. The zero-order chi connectivity index (χ0) is 21.7. The lowest BCUT2D eigenvalue weighted by atomic mass is 9.85. The van der Waals surface area contributed by atoms with Crippen molar-refractivity contribution in [3.8, 4) is 5.75 Å². The molecule has 4 heterocycles. The first-order chi connectivity index (χ1) is 15.7. The first-order valence-corrected chi connectivity index (χ1v) is 11.7. The number of thioether (sulfide) groups is 1. The Morgan fingerprint density at radius 1 is 1.09 bits per heavy atom. The fourth-order valence-electron chi connectivity index (χ4n) is 4.35. The average Bonchev–Trinajstić information content (AvgIpc) is 3.31. The summed E-state index contributed by atoms with van der Waals surface area (Å²) < 4.78 is 8.50. The van der Waals surface area contributed by atoms with Gasteiger partial charge in [0.15, 0.2) is 0 Å². The maximum atomic E-state index is 6.61. The van der Waals surface area contributed by atoms with Crippen LogP contribution in [-0.4, -0.2) is 26.0 Å². The zero-order valence-corrected chi connectivity index (χ0v) is 18.6. The average molecular weight is 460 g/mol. The van der Waals surface area contributed by atoms with Gasteiger partial charge in [-0.2, -0.15) is 10.1 Å². The quantitative estimate of drug-likeness (QED) is 0.402. The Morgan fingerprint density at radius 3 is 2.75 bits per heavy atom. The highest BCUT2D eigenvalue weighted by molar-refractivity contribution is 7.98. The van der Waals surface area contributed by atoms with Gasteiger partial charge in [-0.3, -0.25) is 4.98 Å². The minimum absolute atomic E-state index is 0.227. The Bertz CT molecular complexity index is 1340. The molecule has 2 aromatic carbocycles. The van der Waals surface area contributed by atoms with Gasteiger partial charge in [-0.1, -0.05) is 29.8 Å². The molecule has 158 valence electrons. The van der Waals surface area contributed by atoms with E-state index in [0.717, 1.165) is 33.7 Å². The van der Waals surface area contributed by atoms with Crippen molar-refractivity contribution in [2.75, 3.05) is 11.6 Å². The van der Waals surface area contributed by atoms with Gasteiger partial charge in [-0.05, 0) is 53.8 Å². The molecular formula is C24H18ClN5OS. The summed E-state index contributed by atoms with van der Waals surface area (Å²) >= 11 is 8.09. The lowest BCUT2D eigenvalue weighted by molar-refractivity contribution is 0.223. The summed E-state index contributed by atoms with van der Waals surface area (Å²) in [5.41, 5.74) is 4.97. The van der Waals surface area contributed by atoms with Gasteiger partial charge in [-0.25, -0.2) is 4.68 Å². The summed E-state index contributed by atoms with van der Waals surface area (Å²) in [5.74, 6) is 1.44. The number of nitrogens with zero attached hydrogens (tertiary/aromatic N) is 4. The number of nitrogens with one attached hydrogen (secondary N) is 1. The van der Waals surface area contributed by atoms with Crippen molar-refractivity contribution in [1.82, 2.24) is 19.7 Å². The predicted octanol–water partition coefficient (Wildman–Crippen LogP) is 5.61. The summed E-state index contributed by atoms with van der Waals surface area (Å²) in [6.07, 6.45) is 6.96. The highest BCUT2D eigenvalue weighted by Crippen LogP contribution is 2.50. The second-order valence-corrected chi connectivity index (χ2v) is 8.90. The normalized spacial score (nSPS) is 18.8. The number of aromatic nitrogens is 4. The van der Waals surface area contributed by atoms with E-state index in [-0.39, 0.29) is 12.1 Å². The minimum atomic E-state index is -0.315. The van der Waals surface area contributed by atoms with Crippen LogP contribution >= 0.6 is 23.4 Å². The van der Waals surface area contributed by atoms with Crippen LogP contribution in [0.15, 0.2) is 83.8 Å². The molecule has 1 N–H and O–H groups in total. The number of hydrogen-bond acceptors (Lipinski definition) is 6. The fourth-order valence-corrected chi connectivity index (χ4v) is 4.93. The molecule has 0 amide bonds. The van der Waals surface area contributed by atoms with Gasteiger partial charge in [0.25, 0.3) is 0 Å². The van der Waals surface area contributed by atoms with Crippen LogP contribution in [0, 0.1) is 0 Å². The molecule has 0 saturated carbocycles. The number of halogens is 1. The Morgan fingerprint density at radius 2 is 1.97 bits per heavy atom. The number of hydrogen-bond donors (Lipinski definition) is 1. The Labute approximate surface area is 194 Å². The third kappa shape index (κ3) is 3.08. The van der Waals surface area contributed by atoms with E-state index in [0.29, 0.717) is 11.0 Å². The van der Waals surface area contributed by atoms with Crippen LogP contribution in [0.3, 0.4) is 0 Å². The second kappa shape index (κ2) is 7.69. The van der Waals surface area contributed by atoms with E-state index in [1.807, 2.05) is 35.1 Å². The van der Waals surface area contributed by atoms with E-state index in [4.69, 9.17) is 16.3 Å². The molecule has 4 aromatic rings. The molecule has 2 aliphatic rings. The first kappa shape index (κ1) is 19.4. The van der Waals surface area contributed by atoms with Crippen LogP contribution in [-0.2, 0) is 0 Å². The van der Waals surface area contributed by atoms with Gasteiger partial charge < -0.3 is 10.1 Å². The van der Waals surface area contributed by atoms with E-state index >= 15 is 0 Å². The van der Waals surface area contributed by atoms with Gasteiger partial charge in [0.05, 0.1) is 5.70 Å². The number of ether oxygens (including phenoxy) is 1. The summed E-state index contributed by atoms with van der Waals surface area (Å²) in [6, 6.07) is 18.0. The molecule has 0 radical (unpaired) electrons. The van der Waals surface area contributed by atoms with Crippen molar-refractivity contribution in [3.63, 3.8) is 0 Å². The molecule has 2 aromatic heterocycles. The third-order valence-corrected chi connectivity index (χ3v) is 6.77. The fraction of sp³-hybridized carbons (Fsp3) is 0.125. The third-order valence-electron chi connectivity index (χ3n) is 5.79. The van der Waals surface area contributed by atoms with Gasteiger partial charge in [0.1, 0.15) is 24.2 Å². The van der Waals surface area contributed by atoms with E-state index in [9.17, 15) is 0 Å². The first-order valence-electron chi connectivity index (χ1n) is 10.1. The molecule has 0 fully saturated rings. The smallest absolute Gasteiger partial charge is 0.226 e. The zero-order valence-electron chi connectivity index (χ0n) is 17.1. The maximum Gasteiger partial charge on any atom is 0.226 e. The van der Waals surface area contributed by atoms with Crippen molar-refractivity contribution in [2.24, 2.45) is 0 Å². The molecule has 2 aliphatic heterocycles. The van der Waals surface area contributed by atoms with Crippen molar-refractivity contribution in [3.05, 3.63) is 101 Å². The van der Waals surface area contributed by atoms with Crippen LogP contribution in [0.25, 0.3) is 5.70 Å². The largest absolute Gasteiger partial charge is 0.480 e. The molecule has 2 atom stereocenters. The summed E-state index contributed by atoms with van der Waals surface area (Å²) in [7, 11) is 0. The summed E-state index contributed by atoms with van der Waals surface area (Å²) in [4.78, 5) is 10.0. The molecule has 0 aliphatic carbocycles. The van der Waals surface area contributed by atoms with E-state index in [1.54, 1.807) is 24.3 Å². The molecular weight excluding hydrogens is 442 g/mol. The highest BCUT2D eigenvalue weighted by Gasteiger charge is 2.41. The highest BCUT2D eigenvalue weighted by atomic mass is 35.5. The van der Waals surface area contributed by atoms with Crippen LogP contribution in [0.1, 0.15) is 28.8 Å². The number of pyridine rings is 1. The monoisotopic (exact) mass is 459 g/mol. The number of rotatable bonds is 3. The van der Waals surface area contributed by atoms with Crippen LogP contribution < -0.4 is 10.1 Å². The Kier molecular flexibility index (Phi) is 4.66. The standard InChI is InChI=1S/C24H18ClN5OS/c1-32-17-7-4-14(5-8-17)23-20-21(18-11-16(25)6-9-19(18)31-23)29-24-27-13-28-30(24)22(20)15-3-2-10-26-12-15/h2-13,22-23H,1H3,(H,27,28,29)/t22-,23-/m0/s1. The molecule has 6 nitrogen and oxygen atoms in total. The predicted molar refractivity (Wildman–Crippen MR) is 126 cm³/mol. The molecule has 6 rings (SSSR count). The number of fused-ring (bicyclic) bond motifs is 3. The van der Waals surface area contributed by atoms with Gasteiger partial charge >= 0.3 is 0 Å². The Balaban J connectivity index is 1.61. The van der Waals surface area contributed by atoms with Crippen molar-refractivity contribution < 1.29 is 4.74 Å².